The Morgan fingerprint density at radius 2 is 2.17 bits per heavy atom. The first-order valence-corrected chi connectivity index (χ1v) is 9.70. The van der Waals surface area contributed by atoms with E-state index >= 15 is 0 Å². The number of benzene rings is 1. The fourth-order valence-corrected chi connectivity index (χ4v) is 4.66. The second-order valence-electron chi connectivity index (χ2n) is 4.97. The van der Waals surface area contributed by atoms with Crippen molar-refractivity contribution >= 4 is 51.7 Å². The van der Waals surface area contributed by atoms with Crippen molar-refractivity contribution in [1.29, 1.82) is 0 Å². The lowest BCUT2D eigenvalue weighted by Gasteiger charge is -2.14. The number of thiazole rings is 1. The summed E-state index contributed by atoms with van der Waals surface area (Å²) in [5.74, 6) is 0.589. The number of carbonyl (C=O) groups is 2. The fourth-order valence-electron chi connectivity index (χ4n) is 2.03. The fraction of sp³-hybridized carbons (Fsp3) is 0.267. The second-order valence-corrected chi connectivity index (χ2v) is 8.19. The molecule has 0 radical (unpaired) electrons. The average molecular weight is 366 g/mol. The summed E-state index contributed by atoms with van der Waals surface area (Å²) in [6.07, 6.45) is 0. The van der Waals surface area contributed by atoms with E-state index in [1.165, 1.54) is 11.8 Å². The van der Waals surface area contributed by atoms with Crippen LogP contribution in [-0.4, -0.2) is 39.9 Å². The molecule has 0 aliphatic carbocycles. The van der Waals surface area contributed by atoms with E-state index in [2.05, 4.69) is 10.3 Å². The molecule has 23 heavy (non-hydrogen) atoms. The van der Waals surface area contributed by atoms with Crippen LogP contribution in [0.5, 0.6) is 0 Å². The zero-order chi connectivity index (χ0) is 16.2. The molecule has 0 atom stereocenters. The summed E-state index contributed by atoms with van der Waals surface area (Å²) in [6.45, 7) is 2.73. The molecule has 1 aromatic carbocycles. The van der Waals surface area contributed by atoms with E-state index in [9.17, 15) is 9.59 Å². The number of nitrogens with one attached hydrogen (secondary N) is 1. The number of nitrogens with zero attached hydrogens (tertiary/aromatic N) is 2. The first-order valence-electron chi connectivity index (χ1n) is 7.02. The number of aryl methyl sites for hydroxylation is 1. The van der Waals surface area contributed by atoms with Gasteiger partial charge in [-0.2, -0.15) is 0 Å². The van der Waals surface area contributed by atoms with Gasteiger partial charge in [-0.15, -0.1) is 11.3 Å². The van der Waals surface area contributed by atoms with Gasteiger partial charge in [0.25, 0.3) is 5.24 Å². The maximum Gasteiger partial charge on any atom is 0.282 e. The highest BCUT2D eigenvalue weighted by molar-refractivity contribution is 8.13. The Labute approximate surface area is 146 Å². The molecule has 2 amide bonds. The van der Waals surface area contributed by atoms with E-state index in [4.69, 9.17) is 0 Å². The van der Waals surface area contributed by atoms with E-state index < -0.39 is 0 Å². The Kier molecular flexibility index (Phi) is 5.24. The highest BCUT2D eigenvalue weighted by Crippen LogP contribution is 2.30. The Bertz CT molecular complexity index is 715. The van der Waals surface area contributed by atoms with E-state index in [0.717, 1.165) is 26.4 Å². The molecule has 2 aromatic rings. The first-order chi connectivity index (χ1) is 11.1. The Hall–Kier alpha value is -1.51. The zero-order valence-electron chi connectivity index (χ0n) is 12.4. The Morgan fingerprint density at radius 1 is 1.39 bits per heavy atom. The van der Waals surface area contributed by atoms with Gasteiger partial charge < -0.3 is 10.2 Å². The average Bonchev–Trinajstić information content (AvgIpc) is 3.10. The lowest BCUT2D eigenvalue weighted by atomic mass is 10.3. The van der Waals surface area contributed by atoms with Gasteiger partial charge in [0.1, 0.15) is 6.54 Å². The lowest BCUT2D eigenvalue weighted by Crippen LogP contribution is -2.33. The second kappa shape index (κ2) is 7.37. The minimum atomic E-state index is -0.170. The predicted molar refractivity (Wildman–Crippen MR) is 95.5 cm³/mol. The van der Waals surface area contributed by atoms with Gasteiger partial charge in [0.2, 0.25) is 5.91 Å². The number of aromatic nitrogens is 1. The van der Waals surface area contributed by atoms with Crippen LogP contribution in [0.1, 0.15) is 5.69 Å². The largest absolute Gasteiger partial charge is 0.325 e. The summed E-state index contributed by atoms with van der Waals surface area (Å²) in [7, 11) is 0. The molecule has 3 rings (SSSR count). The minimum absolute atomic E-state index is 0.0226. The molecule has 120 valence electrons. The van der Waals surface area contributed by atoms with Crippen molar-refractivity contribution in [3.05, 3.63) is 35.3 Å². The van der Waals surface area contributed by atoms with E-state index in [-0.39, 0.29) is 17.7 Å². The lowest BCUT2D eigenvalue weighted by molar-refractivity contribution is -0.116. The number of anilines is 1. The van der Waals surface area contributed by atoms with Gasteiger partial charge >= 0.3 is 0 Å². The first kappa shape index (κ1) is 16.4. The van der Waals surface area contributed by atoms with Crippen LogP contribution in [-0.2, 0) is 4.79 Å². The van der Waals surface area contributed by atoms with Crippen LogP contribution in [0.2, 0.25) is 0 Å². The molecule has 2 heterocycles. The molecule has 8 heteroatoms. The molecule has 1 saturated heterocycles. The van der Waals surface area contributed by atoms with Crippen LogP contribution < -0.4 is 5.32 Å². The van der Waals surface area contributed by atoms with Crippen LogP contribution in [0.15, 0.2) is 38.9 Å². The van der Waals surface area contributed by atoms with E-state index in [1.807, 2.05) is 36.6 Å². The highest BCUT2D eigenvalue weighted by atomic mass is 32.2. The van der Waals surface area contributed by atoms with Gasteiger partial charge in [-0.25, -0.2) is 4.98 Å². The van der Waals surface area contributed by atoms with Gasteiger partial charge in [0.05, 0.1) is 0 Å². The topological polar surface area (TPSA) is 62.3 Å². The van der Waals surface area contributed by atoms with Crippen LogP contribution in [0, 0.1) is 6.92 Å². The quantitative estimate of drug-likeness (QED) is 0.875. The van der Waals surface area contributed by atoms with Crippen molar-refractivity contribution in [3.8, 4) is 0 Å². The van der Waals surface area contributed by atoms with Gasteiger partial charge in [-0.05, 0) is 31.2 Å². The van der Waals surface area contributed by atoms with Crippen LogP contribution in [0.4, 0.5) is 10.5 Å². The number of hydrogen-bond acceptors (Lipinski definition) is 6. The number of amides is 2. The normalized spacial score (nSPS) is 14.3. The third-order valence-electron chi connectivity index (χ3n) is 3.12. The summed E-state index contributed by atoms with van der Waals surface area (Å²) >= 11 is 4.48. The van der Waals surface area contributed by atoms with Gasteiger partial charge in [0, 0.05) is 34.0 Å². The van der Waals surface area contributed by atoms with Crippen molar-refractivity contribution in [1.82, 2.24) is 9.88 Å². The Morgan fingerprint density at radius 3 is 2.78 bits per heavy atom. The molecule has 0 unspecified atom stereocenters. The molecule has 1 aliphatic heterocycles. The third-order valence-corrected chi connectivity index (χ3v) is 6.08. The number of carbonyl (C=O) groups excluding carboxylic acids is 2. The number of thioether (sulfide) groups is 1. The van der Waals surface area contributed by atoms with E-state index in [0.29, 0.717) is 6.54 Å². The third kappa shape index (κ3) is 4.49. The standard InChI is InChI=1S/C15H15N3O2S3/c1-10-9-22-14(16-10)23-12-4-2-11(3-5-12)17-13(19)8-18-6-7-21-15(18)20/h2-5,9H,6-8H2,1H3,(H,17,19). The van der Waals surface area contributed by atoms with Crippen molar-refractivity contribution in [2.45, 2.75) is 16.2 Å². The number of hydrogen-bond donors (Lipinski definition) is 1. The molecular weight excluding hydrogens is 350 g/mol. The molecular formula is C15H15N3O2S3. The monoisotopic (exact) mass is 365 g/mol. The highest BCUT2D eigenvalue weighted by Gasteiger charge is 2.23. The summed E-state index contributed by atoms with van der Waals surface area (Å²) in [5, 5.41) is 4.82. The van der Waals surface area contributed by atoms with Gasteiger partial charge in [0.15, 0.2) is 4.34 Å². The van der Waals surface area contributed by atoms with Crippen molar-refractivity contribution in [2.24, 2.45) is 0 Å². The van der Waals surface area contributed by atoms with Crippen molar-refractivity contribution < 1.29 is 9.59 Å². The molecule has 0 bridgehead atoms. The molecule has 1 N–H and O–H groups in total. The smallest absolute Gasteiger partial charge is 0.282 e. The molecule has 1 aromatic heterocycles. The summed E-state index contributed by atoms with van der Waals surface area (Å²) in [6, 6.07) is 7.63. The van der Waals surface area contributed by atoms with Crippen molar-refractivity contribution in [2.75, 3.05) is 24.2 Å². The SMILES string of the molecule is Cc1csc(Sc2ccc(NC(=O)CN3CCSC3=O)cc2)n1. The van der Waals surface area contributed by atoms with Crippen LogP contribution in [0.3, 0.4) is 0 Å². The zero-order valence-corrected chi connectivity index (χ0v) is 14.9. The summed E-state index contributed by atoms with van der Waals surface area (Å²) < 4.78 is 1.00. The van der Waals surface area contributed by atoms with Gasteiger partial charge in [-0.3, -0.25) is 9.59 Å². The van der Waals surface area contributed by atoms with Gasteiger partial charge in [-0.1, -0.05) is 23.5 Å². The molecule has 1 aliphatic rings. The summed E-state index contributed by atoms with van der Waals surface area (Å²) in [5.41, 5.74) is 1.75. The van der Waals surface area contributed by atoms with Crippen molar-refractivity contribution in [3.63, 3.8) is 0 Å². The maximum atomic E-state index is 12.0. The maximum absolute atomic E-state index is 12.0. The Balaban J connectivity index is 1.54. The molecule has 5 nitrogen and oxygen atoms in total. The van der Waals surface area contributed by atoms with Crippen LogP contribution in [0.25, 0.3) is 0 Å². The van der Waals surface area contributed by atoms with Crippen LogP contribution >= 0.6 is 34.9 Å². The summed E-state index contributed by atoms with van der Waals surface area (Å²) in [4.78, 5) is 30.5. The molecule has 1 fully saturated rings. The predicted octanol–water partition coefficient (Wildman–Crippen LogP) is 3.71. The molecule has 0 saturated carbocycles. The molecule has 0 spiro atoms. The number of rotatable bonds is 5. The van der Waals surface area contributed by atoms with E-state index in [1.54, 1.807) is 28.0 Å². The minimum Gasteiger partial charge on any atom is -0.325 e.